The topological polar surface area (TPSA) is 29.5 Å². The minimum atomic E-state index is -0.205. The van der Waals surface area contributed by atoms with E-state index in [9.17, 15) is 4.79 Å². The van der Waals surface area contributed by atoms with Crippen molar-refractivity contribution in [1.82, 2.24) is 4.90 Å². The van der Waals surface area contributed by atoms with E-state index in [1.54, 1.807) is 4.90 Å². The Morgan fingerprint density at radius 3 is 2.92 bits per heavy atom. The Balaban J connectivity index is 2.42. The predicted molar refractivity (Wildman–Crippen MR) is 51.9 cm³/mol. The first-order chi connectivity index (χ1) is 6.29. The van der Waals surface area contributed by atoms with E-state index in [0.717, 1.165) is 19.4 Å². The summed E-state index contributed by atoms with van der Waals surface area (Å²) in [7, 11) is 0. The number of amides is 1. The summed E-state index contributed by atoms with van der Waals surface area (Å²) in [5, 5.41) is 0. The van der Waals surface area contributed by atoms with Crippen LogP contribution in [0.2, 0.25) is 0 Å². The molecule has 1 heterocycles. The Morgan fingerprint density at radius 1 is 1.69 bits per heavy atom. The first-order valence-electron chi connectivity index (χ1n) is 4.76. The minimum absolute atomic E-state index is 0.0978. The lowest BCUT2D eigenvalue weighted by Crippen LogP contribution is -2.39. The second-order valence-corrected chi connectivity index (χ2v) is 3.49. The van der Waals surface area contributed by atoms with Crippen molar-refractivity contribution in [2.75, 3.05) is 25.6 Å². The van der Waals surface area contributed by atoms with Gasteiger partial charge in [0.05, 0.1) is 0 Å². The van der Waals surface area contributed by atoms with E-state index in [-0.39, 0.29) is 12.0 Å². The highest BCUT2D eigenvalue weighted by Gasteiger charge is 2.26. The van der Waals surface area contributed by atoms with Crippen molar-refractivity contribution in [2.24, 2.45) is 0 Å². The van der Waals surface area contributed by atoms with Gasteiger partial charge in [0.15, 0.2) is 0 Å². The molecule has 1 aliphatic heterocycles. The predicted octanol–water partition coefficient (Wildman–Crippen LogP) is 1.25. The fraction of sp³-hybridized carbons (Fsp3) is 0.889. The van der Waals surface area contributed by atoms with E-state index in [1.807, 2.05) is 6.92 Å². The Labute approximate surface area is 84.0 Å². The first kappa shape index (κ1) is 10.8. The average Bonchev–Trinajstić information content (AvgIpc) is 2.65. The molecule has 3 nitrogen and oxygen atoms in total. The first-order valence-corrected chi connectivity index (χ1v) is 5.29. The summed E-state index contributed by atoms with van der Waals surface area (Å²) in [4.78, 5) is 13.5. The van der Waals surface area contributed by atoms with Crippen molar-refractivity contribution in [3.8, 4) is 0 Å². The maximum Gasteiger partial charge on any atom is 0.251 e. The molecular weight excluding hydrogens is 190 g/mol. The number of carbonyl (C=O) groups is 1. The van der Waals surface area contributed by atoms with Gasteiger partial charge in [-0.3, -0.25) is 4.79 Å². The zero-order valence-corrected chi connectivity index (χ0v) is 8.72. The van der Waals surface area contributed by atoms with Crippen LogP contribution in [0.1, 0.15) is 19.8 Å². The number of rotatable bonds is 4. The fourth-order valence-corrected chi connectivity index (χ4v) is 1.71. The molecule has 4 heteroatoms. The second kappa shape index (κ2) is 5.45. The van der Waals surface area contributed by atoms with E-state index >= 15 is 0 Å². The minimum Gasteiger partial charge on any atom is -0.368 e. The molecule has 1 unspecified atom stereocenters. The van der Waals surface area contributed by atoms with Gasteiger partial charge in [-0.15, -0.1) is 11.6 Å². The van der Waals surface area contributed by atoms with Crippen molar-refractivity contribution >= 4 is 17.5 Å². The third kappa shape index (κ3) is 2.85. The van der Waals surface area contributed by atoms with Gasteiger partial charge in [0.1, 0.15) is 6.10 Å². The van der Waals surface area contributed by atoms with Crippen LogP contribution >= 0.6 is 11.6 Å². The highest BCUT2D eigenvalue weighted by atomic mass is 35.5. The second-order valence-electron chi connectivity index (χ2n) is 3.11. The molecule has 0 bridgehead atoms. The van der Waals surface area contributed by atoms with Crippen LogP contribution in [0.3, 0.4) is 0 Å². The number of hydrogen-bond acceptors (Lipinski definition) is 2. The Bertz CT molecular complexity index is 169. The van der Waals surface area contributed by atoms with Crippen LogP contribution in [0, 0.1) is 0 Å². The number of hydrogen-bond donors (Lipinski definition) is 0. The van der Waals surface area contributed by atoms with Crippen LogP contribution in [-0.4, -0.2) is 42.5 Å². The molecular formula is C9H16ClNO2. The molecule has 0 aromatic carbocycles. The molecule has 0 N–H and O–H groups in total. The molecule has 76 valence electrons. The van der Waals surface area contributed by atoms with Crippen LogP contribution in [0.4, 0.5) is 0 Å². The largest absolute Gasteiger partial charge is 0.368 e. The molecule has 0 aromatic rings. The summed E-state index contributed by atoms with van der Waals surface area (Å²) in [5.41, 5.74) is 0. The van der Waals surface area contributed by atoms with Gasteiger partial charge in [0.2, 0.25) is 0 Å². The van der Waals surface area contributed by atoms with Crippen LogP contribution in [-0.2, 0) is 9.53 Å². The lowest BCUT2D eigenvalue weighted by Gasteiger charge is -2.22. The average molecular weight is 206 g/mol. The van der Waals surface area contributed by atoms with Crippen molar-refractivity contribution in [2.45, 2.75) is 25.9 Å². The normalized spacial score (nSPS) is 21.8. The third-order valence-electron chi connectivity index (χ3n) is 2.25. The van der Waals surface area contributed by atoms with Gasteiger partial charge in [-0.2, -0.15) is 0 Å². The Kier molecular flexibility index (Phi) is 4.53. The molecule has 0 radical (unpaired) electrons. The fourth-order valence-electron chi connectivity index (χ4n) is 1.50. The number of halogens is 1. The molecule has 0 saturated carbocycles. The number of alkyl halides is 1. The molecule has 1 saturated heterocycles. The molecule has 1 rings (SSSR count). The van der Waals surface area contributed by atoms with Crippen molar-refractivity contribution < 1.29 is 9.53 Å². The van der Waals surface area contributed by atoms with Crippen molar-refractivity contribution in [3.05, 3.63) is 0 Å². The van der Waals surface area contributed by atoms with Crippen LogP contribution < -0.4 is 0 Å². The molecule has 13 heavy (non-hydrogen) atoms. The summed E-state index contributed by atoms with van der Waals surface area (Å²) < 4.78 is 5.31. The van der Waals surface area contributed by atoms with Crippen LogP contribution in [0.5, 0.6) is 0 Å². The van der Waals surface area contributed by atoms with Gasteiger partial charge in [-0.1, -0.05) is 0 Å². The smallest absolute Gasteiger partial charge is 0.251 e. The summed E-state index contributed by atoms with van der Waals surface area (Å²) in [6.45, 7) is 4.01. The summed E-state index contributed by atoms with van der Waals surface area (Å²) in [6, 6.07) is 0. The monoisotopic (exact) mass is 205 g/mol. The highest BCUT2D eigenvalue weighted by molar-refractivity contribution is 6.18. The summed E-state index contributed by atoms with van der Waals surface area (Å²) in [6.07, 6.45) is 1.65. The van der Waals surface area contributed by atoms with E-state index < -0.39 is 0 Å². The van der Waals surface area contributed by atoms with Crippen LogP contribution in [0.15, 0.2) is 0 Å². The van der Waals surface area contributed by atoms with Gasteiger partial charge in [0, 0.05) is 25.6 Å². The molecule has 0 aromatic heterocycles. The zero-order chi connectivity index (χ0) is 9.68. The van der Waals surface area contributed by atoms with Gasteiger partial charge in [-0.05, 0) is 19.8 Å². The van der Waals surface area contributed by atoms with Gasteiger partial charge >= 0.3 is 0 Å². The van der Waals surface area contributed by atoms with E-state index in [4.69, 9.17) is 16.3 Å². The summed E-state index contributed by atoms with van der Waals surface area (Å²) >= 11 is 5.59. The lowest BCUT2D eigenvalue weighted by atomic mass is 10.2. The zero-order valence-electron chi connectivity index (χ0n) is 7.96. The van der Waals surface area contributed by atoms with E-state index in [0.29, 0.717) is 19.0 Å². The Morgan fingerprint density at radius 2 is 2.46 bits per heavy atom. The lowest BCUT2D eigenvalue weighted by molar-refractivity contribution is -0.140. The molecule has 1 fully saturated rings. The number of carbonyl (C=O) groups excluding carboxylic acids is 1. The van der Waals surface area contributed by atoms with Crippen molar-refractivity contribution in [1.29, 1.82) is 0 Å². The van der Waals surface area contributed by atoms with Crippen molar-refractivity contribution in [3.63, 3.8) is 0 Å². The molecule has 1 amide bonds. The number of ether oxygens (including phenoxy) is 1. The molecule has 0 aliphatic carbocycles. The quantitative estimate of drug-likeness (QED) is 0.647. The Hall–Kier alpha value is -0.280. The summed E-state index contributed by atoms with van der Waals surface area (Å²) in [5.74, 6) is 0.590. The highest BCUT2D eigenvalue weighted by Crippen LogP contribution is 2.14. The molecule has 0 spiro atoms. The maximum atomic E-state index is 11.7. The van der Waals surface area contributed by atoms with Crippen LogP contribution in [0.25, 0.3) is 0 Å². The number of nitrogens with zero attached hydrogens (tertiary/aromatic N) is 1. The molecule has 1 aliphatic rings. The molecule has 1 atom stereocenters. The van der Waals surface area contributed by atoms with E-state index in [1.165, 1.54) is 0 Å². The maximum absolute atomic E-state index is 11.7. The van der Waals surface area contributed by atoms with E-state index in [2.05, 4.69) is 0 Å². The SMILES string of the molecule is CCN(CCCl)C(=O)C1CCCO1. The third-order valence-corrected chi connectivity index (χ3v) is 2.42. The standard InChI is InChI=1S/C9H16ClNO2/c1-2-11(6-5-10)9(12)8-4-3-7-13-8/h8H,2-7H2,1H3. The van der Waals surface area contributed by atoms with Gasteiger partial charge in [-0.25, -0.2) is 0 Å². The van der Waals surface area contributed by atoms with Gasteiger partial charge < -0.3 is 9.64 Å². The van der Waals surface area contributed by atoms with Gasteiger partial charge in [0.25, 0.3) is 5.91 Å². The number of likely N-dealkylation sites (N-methyl/N-ethyl adjacent to an activating group) is 1.